The highest BCUT2D eigenvalue weighted by Crippen LogP contribution is 2.08. The highest BCUT2D eigenvalue weighted by molar-refractivity contribution is 9.10. The van der Waals surface area contributed by atoms with Gasteiger partial charge in [-0.2, -0.15) is 0 Å². The Kier molecular flexibility index (Phi) is 5.23. The van der Waals surface area contributed by atoms with Crippen LogP contribution < -0.4 is 5.73 Å². The average molecular weight is 233 g/mol. The maximum atomic E-state index is 10.3. The molecule has 0 aliphatic carbocycles. The normalized spacial score (nSPS) is 8.25. The number of carboxylic acid groups (broad SMARTS) is 1. The van der Waals surface area contributed by atoms with Gasteiger partial charge < -0.3 is 10.8 Å². The van der Waals surface area contributed by atoms with Gasteiger partial charge in [-0.25, -0.2) is 9.78 Å². The number of aromatic carboxylic acids is 1. The van der Waals surface area contributed by atoms with Gasteiger partial charge >= 0.3 is 5.97 Å². The second-order valence-corrected chi connectivity index (χ2v) is 2.58. The minimum Gasteiger partial charge on any atom is -0.477 e. The van der Waals surface area contributed by atoms with Crippen molar-refractivity contribution in [2.24, 2.45) is 5.73 Å². The summed E-state index contributed by atoms with van der Waals surface area (Å²) in [4.78, 5) is 13.9. The molecule has 1 aromatic heterocycles. The first-order valence-electron chi connectivity index (χ1n) is 3.13. The highest BCUT2D eigenvalue weighted by Gasteiger charge is 2.02. The fourth-order valence-corrected chi connectivity index (χ4v) is 0.857. The van der Waals surface area contributed by atoms with Gasteiger partial charge in [-0.15, -0.1) is 0 Å². The molecule has 0 atom stereocenters. The van der Waals surface area contributed by atoms with E-state index in [1.165, 1.54) is 19.3 Å². The van der Waals surface area contributed by atoms with Crippen molar-refractivity contribution in [2.75, 3.05) is 7.05 Å². The topological polar surface area (TPSA) is 76.2 Å². The Hall–Kier alpha value is -0.940. The lowest BCUT2D eigenvalue weighted by molar-refractivity contribution is 0.0690. The summed E-state index contributed by atoms with van der Waals surface area (Å²) in [6.45, 7) is 0. The summed E-state index contributed by atoms with van der Waals surface area (Å²) in [5.41, 5.74) is 4.55. The highest BCUT2D eigenvalue weighted by atomic mass is 79.9. The van der Waals surface area contributed by atoms with Gasteiger partial charge in [0.2, 0.25) is 0 Å². The molecule has 1 rings (SSSR count). The van der Waals surface area contributed by atoms with E-state index in [1.54, 1.807) is 6.07 Å². The number of hydrogen-bond acceptors (Lipinski definition) is 3. The first-order chi connectivity index (χ1) is 5.70. The van der Waals surface area contributed by atoms with Crippen LogP contribution in [-0.4, -0.2) is 23.1 Å². The fourth-order valence-electron chi connectivity index (χ4n) is 0.522. The van der Waals surface area contributed by atoms with Gasteiger partial charge in [-0.05, 0) is 19.2 Å². The Bertz CT molecular complexity index is 265. The summed E-state index contributed by atoms with van der Waals surface area (Å²) in [6, 6.07) is 3.12. The number of pyridine rings is 1. The van der Waals surface area contributed by atoms with Crippen LogP contribution in [0, 0.1) is 0 Å². The molecule has 66 valence electrons. The molecule has 12 heavy (non-hydrogen) atoms. The summed E-state index contributed by atoms with van der Waals surface area (Å²) in [5.74, 6) is -1.01. The molecule has 3 N–H and O–H groups in total. The van der Waals surface area contributed by atoms with Gasteiger partial charge in [0.15, 0.2) is 0 Å². The molecule has 4 nitrogen and oxygen atoms in total. The second kappa shape index (κ2) is 5.68. The molecule has 0 unspecified atom stereocenters. The Balaban J connectivity index is 0.000000561. The van der Waals surface area contributed by atoms with Crippen LogP contribution in [0.3, 0.4) is 0 Å². The summed E-state index contributed by atoms with van der Waals surface area (Å²) in [6.07, 6.45) is 1.44. The monoisotopic (exact) mass is 232 g/mol. The van der Waals surface area contributed by atoms with Gasteiger partial charge in [0.25, 0.3) is 0 Å². The van der Waals surface area contributed by atoms with E-state index in [0.717, 1.165) is 4.47 Å². The molecular formula is C7H9BrN2O2. The molecule has 1 aromatic rings. The first kappa shape index (κ1) is 11.1. The van der Waals surface area contributed by atoms with E-state index in [0.29, 0.717) is 0 Å². The smallest absolute Gasteiger partial charge is 0.354 e. The van der Waals surface area contributed by atoms with Crippen LogP contribution in [0.4, 0.5) is 0 Å². The maximum Gasteiger partial charge on any atom is 0.354 e. The number of rotatable bonds is 1. The van der Waals surface area contributed by atoms with Gasteiger partial charge in [0, 0.05) is 10.7 Å². The Morgan fingerprint density at radius 3 is 2.58 bits per heavy atom. The van der Waals surface area contributed by atoms with Gasteiger partial charge in [0.05, 0.1) is 0 Å². The predicted molar refractivity (Wildman–Crippen MR) is 49.0 cm³/mol. The van der Waals surface area contributed by atoms with Crippen LogP contribution in [-0.2, 0) is 0 Å². The van der Waals surface area contributed by atoms with Crippen molar-refractivity contribution in [1.29, 1.82) is 0 Å². The summed E-state index contributed by atoms with van der Waals surface area (Å²) < 4.78 is 0.722. The number of hydrogen-bond donors (Lipinski definition) is 2. The van der Waals surface area contributed by atoms with Crippen LogP contribution >= 0.6 is 15.9 Å². The summed E-state index contributed by atoms with van der Waals surface area (Å²) >= 11 is 3.13. The van der Waals surface area contributed by atoms with E-state index < -0.39 is 5.97 Å². The largest absolute Gasteiger partial charge is 0.477 e. The Morgan fingerprint density at radius 2 is 2.25 bits per heavy atom. The standard InChI is InChI=1S/C6H4BrNO2.CH5N/c7-4-1-2-8-5(3-4)6(9)10;1-2/h1-3H,(H,9,10);2H2,1H3. The predicted octanol–water partition coefficient (Wildman–Crippen LogP) is 1.12. The van der Waals surface area contributed by atoms with Crippen LogP contribution in [0.25, 0.3) is 0 Å². The Morgan fingerprint density at radius 1 is 1.67 bits per heavy atom. The van der Waals surface area contributed by atoms with E-state index in [1.807, 2.05) is 0 Å². The van der Waals surface area contributed by atoms with Gasteiger partial charge in [-0.3, -0.25) is 0 Å². The molecule has 0 bridgehead atoms. The molecule has 1 heterocycles. The van der Waals surface area contributed by atoms with Crippen molar-refractivity contribution in [1.82, 2.24) is 4.98 Å². The number of carboxylic acids is 1. The molecule has 0 radical (unpaired) electrons. The van der Waals surface area contributed by atoms with Crippen LogP contribution in [0.5, 0.6) is 0 Å². The minimum absolute atomic E-state index is 0.0503. The zero-order valence-corrected chi connectivity index (χ0v) is 8.08. The summed E-state index contributed by atoms with van der Waals surface area (Å²) in [5, 5.41) is 8.43. The number of nitrogens with two attached hydrogens (primary N) is 1. The molecule has 0 aromatic carbocycles. The zero-order valence-electron chi connectivity index (χ0n) is 6.49. The van der Waals surface area contributed by atoms with Crippen LogP contribution in [0.15, 0.2) is 22.8 Å². The number of aromatic nitrogens is 1. The average Bonchev–Trinajstić information content (AvgIpc) is 2.08. The van der Waals surface area contributed by atoms with Crippen LogP contribution in [0.2, 0.25) is 0 Å². The maximum absolute atomic E-state index is 10.3. The quantitative estimate of drug-likeness (QED) is 0.761. The molecule has 0 saturated heterocycles. The second-order valence-electron chi connectivity index (χ2n) is 1.66. The SMILES string of the molecule is CN.O=C(O)c1cc(Br)ccn1. The lowest BCUT2D eigenvalue weighted by atomic mass is 10.4. The van der Waals surface area contributed by atoms with Crippen molar-refractivity contribution >= 4 is 21.9 Å². The van der Waals surface area contributed by atoms with Crippen molar-refractivity contribution in [3.63, 3.8) is 0 Å². The van der Waals surface area contributed by atoms with E-state index in [9.17, 15) is 4.79 Å². The third-order valence-corrected chi connectivity index (χ3v) is 1.43. The van der Waals surface area contributed by atoms with Crippen molar-refractivity contribution in [3.05, 3.63) is 28.5 Å². The zero-order chi connectivity index (χ0) is 9.56. The van der Waals surface area contributed by atoms with E-state index in [-0.39, 0.29) is 5.69 Å². The van der Waals surface area contributed by atoms with E-state index in [4.69, 9.17) is 5.11 Å². The van der Waals surface area contributed by atoms with Crippen molar-refractivity contribution in [2.45, 2.75) is 0 Å². The summed E-state index contributed by atoms with van der Waals surface area (Å²) in [7, 11) is 1.50. The van der Waals surface area contributed by atoms with Crippen molar-refractivity contribution < 1.29 is 9.90 Å². The number of halogens is 1. The third-order valence-electron chi connectivity index (χ3n) is 0.941. The Labute approximate surface area is 78.5 Å². The van der Waals surface area contributed by atoms with Crippen LogP contribution in [0.1, 0.15) is 10.5 Å². The molecule has 0 aliphatic heterocycles. The van der Waals surface area contributed by atoms with Crippen molar-refractivity contribution in [3.8, 4) is 0 Å². The molecule has 0 amide bonds. The minimum atomic E-state index is -1.01. The lowest BCUT2D eigenvalue weighted by Crippen LogP contribution is -1.98. The molecule has 0 saturated carbocycles. The molecule has 0 spiro atoms. The fraction of sp³-hybridized carbons (Fsp3) is 0.143. The molecule has 0 fully saturated rings. The molecular weight excluding hydrogens is 224 g/mol. The molecule has 0 aliphatic rings. The van der Waals surface area contributed by atoms with Gasteiger partial charge in [-0.1, -0.05) is 15.9 Å². The number of nitrogens with zero attached hydrogens (tertiary/aromatic N) is 1. The van der Waals surface area contributed by atoms with E-state index in [2.05, 4.69) is 26.6 Å². The first-order valence-corrected chi connectivity index (χ1v) is 3.92. The third kappa shape index (κ3) is 3.45. The van der Waals surface area contributed by atoms with E-state index >= 15 is 0 Å². The number of carbonyl (C=O) groups is 1. The van der Waals surface area contributed by atoms with Gasteiger partial charge in [0.1, 0.15) is 5.69 Å². The lowest BCUT2D eigenvalue weighted by Gasteiger charge is -1.91. The molecule has 5 heteroatoms.